The normalized spacial score (nSPS) is 9.38. The number of nitrogens with zero attached hydrogens (tertiary/aromatic N) is 4. The van der Waals surface area contributed by atoms with E-state index in [1.807, 2.05) is 11.9 Å². The van der Waals surface area contributed by atoms with Gasteiger partial charge in [-0.15, -0.1) is 0 Å². The maximum Gasteiger partial charge on any atom is 0.204 e. The van der Waals surface area contributed by atoms with Gasteiger partial charge in [-0.3, -0.25) is 0 Å². The van der Waals surface area contributed by atoms with E-state index in [4.69, 9.17) is 10.00 Å². The lowest BCUT2D eigenvalue weighted by molar-refractivity contribution is 0.413. The van der Waals surface area contributed by atoms with E-state index in [0.717, 1.165) is 0 Å². The van der Waals surface area contributed by atoms with Gasteiger partial charge in [-0.25, -0.2) is 9.97 Å². The highest BCUT2D eigenvalue weighted by Crippen LogP contribution is 2.30. The van der Waals surface area contributed by atoms with E-state index in [1.54, 1.807) is 14.2 Å². The van der Waals surface area contributed by atoms with Crippen LogP contribution in [0.2, 0.25) is 0 Å². The highest BCUT2D eigenvalue weighted by molar-refractivity contribution is 5.64. The summed E-state index contributed by atoms with van der Waals surface area (Å²) in [5.41, 5.74) is 0. The minimum absolute atomic E-state index is 0.443. The van der Waals surface area contributed by atoms with Gasteiger partial charge >= 0.3 is 0 Å². The zero-order valence-corrected chi connectivity index (χ0v) is 9.69. The van der Waals surface area contributed by atoms with Crippen LogP contribution < -0.4 is 15.0 Å². The molecule has 0 amide bonds. The summed E-state index contributed by atoms with van der Waals surface area (Å²) < 4.78 is 5.26. The van der Waals surface area contributed by atoms with Crippen LogP contribution in [0.3, 0.4) is 0 Å². The molecule has 6 nitrogen and oxygen atoms in total. The van der Waals surface area contributed by atoms with Crippen LogP contribution in [0.5, 0.6) is 5.75 Å². The lowest BCUT2D eigenvalue weighted by Crippen LogP contribution is -2.20. The number of nitrogens with one attached hydrogen (secondary N) is 1. The topological polar surface area (TPSA) is 74.1 Å². The van der Waals surface area contributed by atoms with Crippen LogP contribution in [0.1, 0.15) is 6.42 Å². The van der Waals surface area contributed by atoms with Gasteiger partial charge in [-0.2, -0.15) is 5.26 Å². The number of nitriles is 1. The van der Waals surface area contributed by atoms with Crippen molar-refractivity contribution in [2.24, 2.45) is 0 Å². The molecule has 0 radical (unpaired) electrons. The van der Waals surface area contributed by atoms with Gasteiger partial charge in [-0.1, -0.05) is 0 Å². The maximum absolute atomic E-state index is 8.54. The first kappa shape index (κ1) is 12.0. The molecule has 1 rings (SSSR count). The molecule has 1 aromatic rings. The molecule has 0 bridgehead atoms. The fourth-order valence-corrected chi connectivity index (χ4v) is 1.33. The SMILES string of the molecule is CNc1ncnc(N(C)CCC#N)c1OC. The number of rotatable bonds is 5. The van der Waals surface area contributed by atoms with Crippen molar-refractivity contribution in [3.63, 3.8) is 0 Å². The summed E-state index contributed by atoms with van der Waals surface area (Å²) in [5.74, 6) is 1.90. The van der Waals surface area contributed by atoms with Crippen molar-refractivity contribution in [3.05, 3.63) is 6.33 Å². The predicted octanol–water partition coefficient (Wildman–Crippen LogP) is 0.877. The maximum atomic E-state index is 8.54. The summed E-state index contributed by atoms with van der Waals surface area (Å²) in [6.07, 6.45) is 1.91. The Labute approximate surface area is 94.9 Å². The molecule has 1 N–H and O–H groups in total. The molecule has 0 aliphatic carbocycles. The molecule has 0 aliphatic rings. The van der Waals surface area contributed by atoms with Crippen LogP contribution in [0, 0.1) is 11.3 Å². The molecule has 6 heteroatoms. The highest BCUT2D eigenvalue weighted by Gasteiger charge is 2.14. The molecule has 0 fully saturated rings. The minimum atomic E-state index is 0.443. The Morgan fingerprint density at radius 1 is 1.56 bits per heavy atom. The Balaban J connectivity index is 2.98. The van der Waals surface area contributed by atoms with Crippen molar-refractivity contribution >= 4 is 11.6 Å². The van der Waals surface area contributed by atoms with Gasteiger partial charge in [0.25, 0.3) is 0 Å². The van der Waals surface area contributed by atoms with Gasteiger partial charge in [0.05, 0.1) is 19.6 Å². The number of hydrogen-bond acceptors (Lipinski definition) is 6. The molecular weight excluding hydrogens is 206 g/mol. The van der Waals surface area contributed by atoms with E-state index in [9.17, 15) is 0 Å². The summed E-state index contributed by atoms with van der Waals surface area (Å²) in [7, 11) is 5.20. The quantitative estimate of drug-likeness (QED) is 0.795. The van der Waals surface area contributed by atoms with Crippen molar-refractivity contribution in [2.45, 2.75) is 6.42 Å². The molecule has 0 aromatic carbocycles. The lowest BCUT2D eigenvalue weighted by Gasteiger charge is -2.20. The Morgan fingerprint density at radius 2 is 2.31 bits per heavy atom. The molecule has 0 saturated carbocycles. The zero-order chi connectivity index (χ0) is 12.0. The van der Waals surface area contributed by atoms with E-state index >= 15 is 0 Å². The van der Waals surface area contributed by atoms with Gasteiger partial charge in [0.1, 0.15) is 6.33 Å². The second-order valence-corrected chi connectivity index (χ2v) is 3.16. The first-order chi connectivity index (χ1) is 7.74. The standard InChI is InChI=1S/C10H15N5O/c1-12-9-8(16-3)10(14-7-13-9)15(2)6-4-5-11/h7H,4,6H2,1-3H3,(H,12,13,14). The van der Waals surface area contributed by atoms with Gasteiger partial charge < -0.3 is 15.0 Å². The van der Waals surface area contributed by atoms with Crippen LogP contribution in [-0.4, -0.2) is 37.7 Å². The molecule has 0 atom stereocenters. The Hall–Kier alpha value is -2.03. The molecule has 0 aliphatic heterocycles. The minimum Gasteiger partial charge on any atom is -0.490 e. The van der Waals surface area contributed by atoms with Crippen LogP contribution in [0.25, 0.3) is 0 Å². The van der Waals surface area contributed by atoms with E-state index in [1.165, 1.54) is 6.33 Å². The number of anilines is 2. The van der Waals surface area contributed by atoms with E-state index in [-0.39, 0.29) is 0 Å². The van der Waals surface area contributed by atoms with Crippen LogP contribution in [0.4, 0.5) is 11.6 Å². The highest BCUT2D eigenvalue weighted by atomic mass is 16.5. The van der Waals surface area contributed by atoms with E-state index < -0.39 is 0 Å². The second kappa shape index (κ2) is 5.75. The first-order valence-electron chi connectivity index (χ1n) is 4.89. The fraction of sp³-hybridized carbons (Fsp3) is 0.500. The number of ether oxygens (including phenoxy) is 1. The number of hydrogen-bond donors (Lipinski definition) is 1. The summed E-state index contributed by atoms with van der Waals surface area (Å²) >= 11 is 0. The smallest absolute Gasteiger partial charge is 0.204 e. The summed E-state index contributed by atoms with van der Waals surface area (Å²) in [6, 6.07) is 2.09. The second-order valence-electron chi connectivity index (χ2n) is 3.16. The third-order valence-corrected chi connectivity index (χ3v) is 2.15. The van der Waals surface area contributed by atoms with Gasteiger partial charge in [-0.05, 0) is 0 Å². The van der Waals surface area contributed by atoms with E-state index in [2.05, 4.69) is 21.4 Å². The van der Waals surface area contributed by atoms with Crippen molar-refractivity contribution in [2.75, 3.05) is 38.0 Å². The molecule has 0 unspecified atom stereocenters. The molecule has 1 heterocycles. The third kappa shape index (κ3) is 2.51. The van der Waals surface area contributed by atoms with E-state index in [0.29, 0.717) is 30.4 Å². The summed E-state index contributed by atoms with van der Waals surface area (Å²) in [4.78, 5) is 10.1. The summed E-state index contributed by atoms with van der Waals surface area (Å²) in [6.45, 7) is 0.604. The number of aromatic nitrogens is 2. The Morgan fingerprint density at radius 3 is 2.88 bits per heavy atom. The number of methoxy groups -OCH3 is 1. The van der Waals surface area contributed by atoms with Gasteiger partial charge in [0.2, 0.25) is 5.75 Å². The summed E-state index contributed by atoms with van der Waals surface area (Å²) in [5, 5.41) is 11.5. The molecule has 0 spiro atoms. The van der Waals surface area contributed by atoms with Crippen LogP contribution >= 0.6 is 0 Å². The zero-order valence-electron chi connectivity index (χ0n) is 9.69. The third-order valence-electron chi connectivity index (χ3n) is 2.15. The Kier molecular flexibility index (Phi) is 4.33. The van der Waals surface area contributed by atoms with Crippen molar-refractivity contribution in [1.29, 1.82) is 5.26 Å². The monoisotopic (exact) mass is 221 g/mol. The first-order valence-corrected chi connectivity index (χ1v) is 4.89. The molecule has 0 saturated heterocycles. The predicted molar refractivity (Wildman–Crippen MR) is 61.6 cm³/mol. The van der Waals surface area contributed by atoms with Crippen molar-refractivity contribution < 1.29 is 4.74 Å². The average Bonchev–Trinajstić information content (AvgIpc) is 2.34. The largest absolute Gasteiger partial charge is 0.490 e. The van der Waals surface area contributed by atoms with Gasteiger partial charge in [0.15, 0.2) is 11.6 Å². The van der Waals surface area contributed by atoms with Crippen LogP contribution in [-0.2, 0) is 0 Å². The lowest BCUT2D eigenvalue weighted by atomic mass is 10.4. The molecule has 16 heavy (non-hydrogen) atoms. The molecule has 86 valence electrons. The molecular formula is C10H15N5O. The van der Waals surface area contributed by atoms with Crippen molar-refractivity contribution in [3.8, 4) is 11.8 Å². The van der Waals surface area contributed by atoms with Gasteiger partial charge in [0, 0.05) is 20.6 Å². The Bertz CT molecular complexity index is 387. The average molecular weight is 221 g/mol. The van der Waals surface area contributed by atoms with Crippen LogP contribution in [0.15, 0.2) is 6.33 Å². The fourth-order valence-electron chi connectivity index (χ4n) is 1.33. The molecule has 1 aromatic heterocycles. The van der Waals surface area contributed by atoms with Crippen molar-refractivity contribution in [1.82, 2.24) is 9.97 Å².